The minimum atomic E-state index is 0. The monoisotopic (exact) mass is 240 g/mol. The summed E-state index contributed by atoms with van der Waals surface area (Å²) in [6.45, 7) is 0. The third-order valence-corrected chi connectivity index (χ3v) is 1.79. The second-order valence-electron chi connectivity index (χ2n) is 2.57. The first kappa shape index (κ1) is 9.80. The molecule has 0 aliphatic rings. The lowest BCUT2D eigenvalue weighted by Gasteiger charge is -2.01. The summed E-state index contributed by atoms with van der Waals surface area (Å²) in [5.41, 5.74) is 6.65. The normalized spacial score (nSPS) is 9.54. The highest BCUT2D eigenvalue weighted by molar-refractivity contribution is 8.93. The van der Waals surface area contributed by atoms with Crippen molar-refractivity contribution >= 4 is 33.6 Å². The van der Waals surface area contributed by atoms with Crippen LogP contribution in [0.1, 0.15) is 0 Å². The van der Waals surface area contributed by atoms with Crippen molar-refractivity contribution in [3.63, 3.8) is 0 Å². The molecule has 0 amide bonds. The lowest BCUT2D eigenvalue weighted by molar-refractivity contribution is 0.484. The van der Waals surface area contributed by atoms with Crippen LogP contribution in [0.3, 0.4) is 0 Å². The van der Waals surface area contributed by atoms with E-state index in [0.717, 1.165) is 5.52 Å². The van der Waals surface area contributed by atoms with E-state index in [4.69, 9.17) is 5.73 Å². The second-order valence-corrected chi connectivity index (χ2v) is 2.57. The zero-order chi connectivity index (χ0) is 8.55. The highest BCUT2D eigenvalue weighted by Gasteiger charge is 2.02. The molecule has 0 fully saturated rings. The molecule has 0 aliphatic carbocycles. The zero-order valence-corrected chi connectivity index (χ0v) is 8.48. The predicted molar refractivity (Wildman–Crippen MR) is 58.1 cm³/mol. The zero-order valence-electron chi connectivity index (χ0n) is 6.77. The smallest absolute Gasteiger partial charge is 0.147 e. The Hall–Kier alpha value is -1.29. The van der Waals surface area contributed by atoms with Crippen LogP contribution in [-0.2, 0) is 0 Å². The predicted octanol–water partition coefficient (Wildman–Crippen LogP) is 2.10. The number of nitrogen functional groups attached to an aromatic ring is 1. The van der Waals surface area contributed by atoms with Crippen LogP contribution in [0.25, 0.3) is 10.9 Å². The molecule has 4 heteroatoms. The maximum absolute atomic E-state index is 9.49. The standard InChI is InChI=1S/C9H8N2O.BrH/c10-7-3-4-8-6(9(7)12)2-1-5-11-8;/h1-5,12H,10H2;1H. The number of phenols is 1. The van der Waals surface area contributed by atoms with Crippen molar-refractivity contribution < 1.29 is 5.11 Å². The van der Waals surface area contributed by atoms with Gasteiger partial charge in [0.2, 0.25) is 0 Å². The number of nitrogens with two attached hydrogens (primary N) is 1. The molecule has 13 heavy (non-hydrogen) atoms. The molecule has 0 saturated heterocycles. The van der Waals surface area contributed by atoms with Gasteiger partial charge in [0.1, 0.15) is 5.75 Å². The first-order valence-electron chi connectivity index (χ1n) is 3.61. The molecule has 2 aromatic rings. The number of pyridine rings is 1. The summed E-state index contributed by atoms with van der Waals surface area (Å²) in [7, 11) is 0. The molecule has 0 spiro atoms. The molecule has 0 bridgehead atoms. The summed E-state index contributed by atoms with van der Waals surface area (Å²) < 4.78 is 0. The Bertz CT molecular complexity index is 431. The number of hydrogen-bond donors (Lipinski definition) is 2. The van der Waals surface area contributed by atoms with Gasteiger partial charge in [0.05, 0.1) is 11.2 Å². The van der Waals surface area contributed by atoms with E-state index in [1.54, 1.807) is 30.5 Å². The minimum absolute atomic E-state index is 0. The summed E-state index contributed by atoms with van der Waals surface area (Å²) >= 11 is 0. The molecule has 1 aromatic carbocycles. The van der Waals surface area contributed by atoms with E-state index >= 15 is 0 Å². The molecule has 0 radical (unpaired) electrons. The van der Waals surface area contributed by atoms with E-state index in [9.17, 15) is 5.11 Å². The topological polar surface area (TPSA) is 59.1 Å². The maximum atomic E-state index is 9.49. The van der Waals surface area contributed by atoms with Crippen LogP contribution in [0.4, 0.5) is 5.69 Å². The highest BCUT2D eigenvalue weighted by Crippen LogP contribution is 2.28. The van der Waals surface area contributed by atoms with Crippen molar-refractivity contribution in [2.45, 2.75) is 0 Å². The fourth-order valence-electron chi connectivity index (χ4n) is 1.15. The van der Waals surface area contributed by atoms with Crippen LogP contribution in [-0.4, -0.2) is 10.1 Å². The van der Waals surface area contributed by atoms with Gasteiger partial charge in [-0.1, -0.05) is 0 Å². The third kappa shape index (κ3) is 1.58. The molecule has 1 heterocycles. The van der Waals surface area contributed by atoms with Gasteiger partial charge in [-0.05, 0) is 24.3 Å². The van der Waals surface area contributed by atoms with Crippen LogP contribution in [0, 0.1) is 0 Å². The van der Waals surface area contributed by atoms with E-state index in [0.29, 0.717) is 11.1 Å². The number of phenolic OH excluding ortho intramolecular Hbond substituents is 1. The Balaban J connectivity index is 0.000000845. The fraction of sp³-hybridized carbons (Fsp3) is 0. The van der Waals surface area contributed by atoms with Crippen molar-refractivity contribution in [3.05, 3.63) is 30.5 Å². The van der Waals surface area contributed by atoms with Gasteiger partial charge in [0, 0.05) is 11.6 Å². The van der Waals surface area contributed by atoms with Gasteiger partial charge in [-0.15, -0.1) is 17.0 Å². The number of anilines is 1. The largest absolute Gasteiger partial charge is 0.505 e. The average molecular weight is 241 g/mol. The molecule has 3 N–H and O–H groups in total. The Labute approximate surface area is 86.0 Å². The molecule has 1 aromatic heterocycles. The first-order chi connectivity index (χ1) is 5.79. The van der Waals surface area contributed by atoms with Gasteiger partial charge in [-0.3, -0.25) is 4.98 Å². The average Bonchev–Trinajstić information content (AvgIpc) is 2.12. The summed E-state index contributed by atoms with van der Waals surface area (Å²) in [5.74, 6) is 0.112. The van der Waals surface area contributed by atoms with Crippen molar-refractivity contribution in [2.24, 2.45) is 0 Å². The number of benzene rings is 1. The molecular weight excluding hydrogens is 232 g/mol. The number of nitrogens with zero attached hydrogens (tertiary/aromatic N) is 1. The minimum Gasteiger partial charge on any atom is -0.505 e. The van der Waals surface area contributed by atoms with Crippen LogP contribution in [0.15, 0.2) is 30.5 Å². The van der Waals surface area contributed by atoms with E-state index < -0.39 is 0 Å². The summed E-state index contributed by atoms with van der Waals surface area (Å²) in [4.78, 5) is 4.07. The number of halogens is 1. The molecule has 68 valence electrons. The molecule has 0 aliphatic heterocycles. The number of aromatic nitrogens is 1. The first-order valence-corrected chi connectivity index (χ1v) is 3.61. The van der Waals surface area contributed by atoms with Gasteiger partial charge < -0.3 is 10.8 Å². The van der Waals surface area contributed by atoms with E-state index in [2.05, 4.69) is 4.98 Å². The van der Waals surface area contributed by atoms with Gasteiger partial charge in [0.15, 0.2) is 0 Å². The van der Waals surface area contributed by atoms with Crippen molar-refractivity contribution in [1.82, 2.24) is 4.98 Å². The quantitative estimate of drug-likeness (QED) is 0.548. The van der Waals surface area contributed by atoms with Gasteiger partial charge in [-0.2, -0.15) is 0 Å². The summed E-state index contributed by atoms with van der Waals surface area (Å²) in [5, 5.41) is 10.2. The van der Waals surface area contributed by atoms with Crippen LogP contribution in [0.5, 0.6) is 5.75 Å². The molecule has 3 nitrogen and oxygen atoms in total. The Morgan fingerprint density at radius 1 is 1.23 bits per heavy atom. The molecular formula is C9H9BrN2O. The molecule has 2 rings (SSSR count). The van der Waals surface area contributed by atoms with E-state index in [1.807, 2.05) is 0 Å². The van der Waals surface area contributed by atoms with Crippen molar-refractivity contribution in [1.29, 1.82) is 0 Å². The van der Waals surface area contributed by atoms with Gasteiger partial charge >= 0.3 is 0 Å². The molecule has 0 unspecified atom stereocenters. The van der Waals surface area contributed by atoms with Crippen LogP contribution >= 0.6 is 17.0 Å². The number of rotatable bonds is 0. The lowest BCUT2D eigenvalue weighted by atomic mass is 10.2. The third-order valence-electron chi connectivity index (χ3n) is 1.79. The van der Waals surface area contributed by atoms with Crippen molar-refractivity contribution in [2.75, 3.05) is 5.73 Å². The summed E-state index contributed by atoms with van der Waals surface area (Å²) in [6.07, 6.45) is 1.68. The van der Waals surface area contributed by atoms with Crippen molar-refractivity contribution in [3.8, 4) is 5.75 Å². The lowest BCUT2D eigenvalue weighted by Crippen LogP contribution is -1.86. The fourth-order valence-corrected chi connectivity index (χ4v) is 1.15. The Kier molecular flexibility index (Phi) is 2.72. The number of hydrogen-bond acceptors (Lipinski definition) is 3. The Morgan fingerprint density at radius 2 is 2.00 bits per heavy atom. The van der Waals surface area contributed by atoms with E-state index in [1.165, 1.54) is 0 Å². The SMILES string of the molecule is Br.Nc1ccc2ncccc2c1O. The molecule has 0 saturated carbocycles. The Morgan fingerprint density at radius 3 is 2.77 bits per heavy atom. The van der Waals surface area contributed by atoms with Gasteiger partial charge in [0.25, 0.3) is 0 Å². The number of aromatic hydroxyl groups is 1. The van der Waals surface area contributed by atoms with E-state index in [-0.39, 0.29) is 22.7 Å². The van der Waals surface area contributed by atoms with Crippen LogP contribution < -0.4 is 5.73 Å². The van der Waals surface area contributed by atoms with Crippen LogP contribution in [0.2, 0.25) is 0 Å². The maximum Gasteiger partial charge on any atom is 0.147 e. The number of fused-ring (bicyclic) bond motifs is 1. The van der Waals surface area contributed by atoms with Gasteiger partial charge in [-0.25, -0.2) is 0 Å². The second kappa shape index (κ2) is 3.62. The highest BCUT2D eigenvalue weighted by atomic mass is 79.9. The molecule has 0 atom stereocenters. The summed E-state index contributed by atoms with van der Waals surface area (Å²) in [6, 6.07) is 6.98.